The van der Waals surface area contributed by atoms with Crippen molar-refractivity contribution >= 4 is 21.4 Å². The summed E-state index contributed by atoms with van der Waals surface area (Å²) in [6.45, 7) is 4.60. The first-order valence-corrected chi connectivity index (χ1v) is 11.9. The number of hydrogen-bond donors (Lipinski definition) is 0. The number of carbonyl (C=O) groups excluding carboxylic acids is 1. The van der Waals surface area contributed by atoms with Gasteiger partial charge >= 0.3 is 0 Å². The molecule has 0 aliphatic carbocycles. The van der Waals surface area contributed by atoms with Gasteiger partial charge in [0.2, 0.25) is 5.91 Å². The lowest BCUT2D eigenvalue weighted by atomic mass is 10.1. The van der Waals surface area contributed by atoms with Crippen molar-refractivity contribution in [1.82, 2.24) is 4.90 Å². The zero-order chi connectivity index (χ0) is 20.9. The molecule has 3 rings (SSSR count). The van der Waals surface area contributed by atoms with Crippen LogP contribution in [0.15, 0.2) is 53.4 Å². The highest BCUT2D eigenvalue weighted by Crippen LogP contribution is 2.21. The number of sulfone groups is 1. The van der Waals surface area contributed by atoms with Crippen LogP contribution in [0.1, 0.15) is 36.8 Å². The topological polar surface area (TPSA) is 57.7 Å². The molecule has 0 spiro atoms. The van der Waals surface area contributed by atoms with Gasteiger partial charge in [-0.05, 0) is 56.0 Å². The normalized spacial score (nSPS) is 14.6. The molecule has 1 aliphatic heterocycles. The Kier molecular flexibility index (Phi) is 6.96. The molecule has 0 radical (unpaired) electrons. The van der Waals surface area contributed by atoms with Gasteiger partial charge in [0.15, 0.2) is 9.84 Å². The highest BCUT2D eigenvalue weighted by molar-refractivity contribution is 7.91. The maximum atomic E-state index is 12.4. The van der Waals surface area contributed by atoms with E-state index in [0.717, 1.165) is 24.2 Å². The van der Waals surface area contributed by atoms with Gasteiger partial charge in [-0.3, -0.25) is 4.79 Å². The minimum absolute atomic E-state index is 0.0153. The molecule has 5 nitrogen and oxygen atoms in total. The molecule has 29 heavy (non-hydrogen) atoms. The van der Waals surface area contributed by atoms with Crippen LogP contribution in [-0.2, 0) is 21.2 Å². The van der Waals surface area contributed by atoms with E-state index in [1.54, 1.807) is 36.2 Å². The Hall–Kier alpha value is -2.34. The monoisotopic (exact) mass is 414 g/mol. The fourth-order valence-corrected chi connectivity index (χ4v) is 4.83. The Bertz CT molecular complexity index is 916. The van der Waals surface area contributed by atoms with E-state index in [2.05, 4.69) is 29.2 Å². The van der Waals surface area contributed by atoms with Gasteiger partial charge < -0.3 is 9.80 Å². The summed E-state index contributed by atoms with van der Waals surface area (Å²) in [5.74, 6) is -0.339. The number of nitrogens with zero attached hydrogens (tertiary/aromatic N) is 2. The van der Waals surface area contributed by atoms with Gasteiger partial charge in [-0.25, -0.2) is 8.42 Å². The van der Waals surface area contributed by atoms with Crippen LogP contribution in [0.3, 0.4) is 0 Å². The van der Waals surface area contributed by atoms with E-state index in [1.807, 2.05) is 6.92 Å². The summed E-state index contributed by atoms with van der Waals surface area (Å²) in [5.41, 5.74) is 3.28. The lowest BCUT2D eigenvalue weighted by Crippen LogP contribution is -2.29. The Morgan fingerprint density at radius 3 is 2.21 bits per heavy atom. The Morgan fingerprint density at radius 1 is 0.966 bits per heavy atom. The van der Waals surface area contributed by atoms with E-state index < -0.39 is 9.84 Å². The Morgan fingerprint density at radius 2 is 1.59 bits per heavy atom. The van der Waals surface area contributed by atoms with Crippen molar-refractivity contribution in [2.24, 2.45) is 0 Å². The van der Waals surface area contributed by atoms with Gasteiger partial charge in [0, 0.05) is 38.8 Å². The third-order valence-corrected chi connectivity index (χ3v) is 7.20. The second kappa shape index (κ2) is 9.44. The Labute approximate surface area is 174 Å². The van der Waals surface area contributed by atoms with Crippen molar-refractivity contribution in [1.29, 1.82) is 0 Å². The molecule has 1 heterocycles. The molecular weight excluding hydrogens is 384 g/mol. The van der Waals surface area contributed by atoms with Gasteiger partial charge in [0.05, 0.1) is 10.6 Å². The fraction of sp³-hybridized carbons (Fsp3) is 0.435. The third kappa shape index (κ3) is 5.82. The number of piperidine rings is 1. The lowest BCUT2D eigenvalue weighted by Gasteiger charge is -2.29. The van der Waals surface area contributed by atoms with Gasteiger partial charge in [0.1, 0.15) is 0 Å². The molecule has 1 fully saturated rings. The van der Waals surface area contributed by atoms with E-state index >= 15 is 0 Å². The maximum absolute atomic E-state index is 12.4. The minimum atomic E-state index is -3.45. The van der Waals surface area contributed by atoms with E-state index in [-0.39, 0.29) is 23.0 Å². The van der Waals surface area contributed by atoms with Gasteiger partial charge in [-0.15, -0.1) is 0 Å². The molecule has 6 heteroatoms. The fourth-order valence-electron chi connectivity index (χ4n) is 3.60. The van der Waals surface area contributed by atoms with Crippen LogP contribution in [0, 0.1) is 6.92 Å². The van der Waals surface area contributed by atoms with Gasteiger partial charge in [0.25, 0.3) is 0 Å². The smallest absolute Gasteiger partial charge is 0.223 e. The molecule has 0 aromatic heterocycles. The first-order valence-electron chi connectivity index (χ1n) is 10.2. The number of hydrogen-bond acceptors (Lipinski definition) is 4. The number of carbonyl (C=O) groups is 1. The average molecular weight is 415 g/mol. The summed E-state index contributed by atoms with van der Waals surface area (Å²) in [6.07, 6.45) is 3.77. The molecule has 0 N–H and O–H groups in total. The van der Waals surface area contributed by atoms with Crippen molar-refractivity contribution < 1.29 is 13.2 Å². The number of amides is 1. The molecule has 0 bridgehead atoms. The van der Waals surface area contributed by atoms with E-state index in [4.69, 9.17) is 0 Å². The second-order valence-electron chi connectivity index (χ2n) is 7.85. The summed E-state index contributed by atoms with van der Waals surface area (Å²) >= 11 is 0. The lowest BCUT2D eigenvalue weighted by molar-refractivity contribution is -0.130. The molecule has 2 aromatic rings. The molecule has 0 unspecified atom stereocenters. The summed E-state index contributed by atoms with van der Waals surface area (Å²) in [6, 6.07) is 15.1. The van der Waals surface area contributed by atoms with Crippen molar-refractivity contribution in [2.45, 2.75) is 44.0 Å². The van der Waals surface area contributed by atoms with E-state index in [0.29, 0.717) is 6.54 Å². The number of anilines is 1. The van der Waals surface area contributed by atoms with Crippen molar-refractivity contribution in [3.63, 3.8) is 0 Å². The maximum Gasteiger partial charge on any atom is 0.223 e. The highest BCUT2D eigenvalue weighted by Gasteiger charge is 2.18. The largest absolute Gasteiger partial charge is 0.372 e. The van der Waals surface area contributed by atoms with Crippen LogP contribution in [0.5, 0.6) is 0 Å². The summed E-state index contributed by atoms with van der Waals surface area (Å²) in [7, 11) is -1.73. The zero-order valence-electron chi connectivity index (χ0n) is 17.3. The van der Waals surface area contributed by atoms with Crippen molar-refractivity contribution in [3.8, 4) is 0 Å². The van der Waals surface area contributed by atoms with Crippen molar-refractivity contribution in [3.05, 3.63) is 59.7 Å². The molecule has 2 aromatic carbocycles. The predicted molar refractivity (Wildman–Crippen MR) is 117 cm³/mol. The number of rotatable bonds is 7. The SMILES string of the molecule is Cc1ccc(S(=O)(=O)CCC(=O)N(C)Cc2ccc(N3CCCCC3)cc2)cc1. The van der Waals surface area contributed by atoms with Crippen molar-refractivity contribution in [2.75, 3.05) is 30.8 Å². The minimum Gasteiger partial charge on any atom is -0.372 e. The quantitative estimate of drug-likeness (QED) is 0.691. The van der Waals surface area contributed by atoms with Crippen LogP contribution in [0.2, 0.25) is 0 Å². The number of benzene rings is 2. The molecule has 0 saturated carbocycles. The molecule has 1 saturated heterocycles. The first kappa shape index (κ1) is 21.4. The van der Waals surface area contributed by atoms with E-state index in [1.165, 1.54) is 24.9 Å². The average Bonchev–Trinajstić information content (AvgIpc) is 2.73. The van der Waals surface area contributed by atoms with Crippen LogP contribution in [0.25, 0.3) is 0 Å². The molecule has 1 amide bonds. The summed E-state index contributed by atoms with van der Waals surface area (Å²) in [4.78, 5) is 16.7. The third-order valence-electron chi connectivity index (χ3n) is 5.47. The second-order valence-corrected chi connectivity index (χ2v) is 9.96. The number of aryl methyl sites for hydroxylation is 1. The summed E-state index contributed by atoms with van der Waals surface area (Å²) < 4.78 is 24.9. The van der Waals surface area contributed by atoms with Gasteiger partial charge in [-0.1, -0.05) is 29.8 Å². The molecular formula is C23H30N2O3S. The predicted octanol–water partition coefficient (Wildman–Crippen LogP) is 3.81. The van der Waals surface area contributed by atoms with Crippen LogP contribution >= 0.6 is 0 Å². The molecule has 0 atom stereocenters. The molecule has 1 aliphatic rings. The Balaban J connectivity index is 1.52. The van der Waals surface area contributed by atoms with Crippen LogP contribution in [-0.4, -0.2) is 45.1 Å². The van der Waals surface area contributed by atoms with Crippen LogP contribution < -0.4 is 4.90 Å². The first-order chi connectivity index (χ1) is 13.8. The van der Waals surface area contributed by atoms with Crippen LogP contribution in [0.4, 0.5) is 5.69 Å². The zero-order valence-corrected chi connectivity index (χ0v) is 18.1. The van der Waals surface area contributed by atoms with Gasteiger partial charge in [-0.2, -0.15) is 0 Å². The highest BCUT2D eigenvalue weighted by atomic mass is 32.2. The standard InChI is InChI=1S/C23H30N2O3S/c1-19-6-12-22(13-7-19)29(27,28)17-14-23(26)24(2)18-20-8-10-21(11-9-20)25-15-4-3-5-16-25/h6-13H,3-5,14-18H2,1-2H3. The molecule has 156 valence electrons. The summed E-state index contributed by atoms with van der Waals surface area (Å²) in [5, 5.41) is 0. The van der Waals surface area contributed by atoms with E-state index in [9.17, 15) is 13.2 Å².